The van der Waals surface area contributed by atoms with Crippen LogP contribution in [-0.2, 0) is 0 Å². The first-order chi connectivity index (χ1) is 9.04. The number of rotatable bonds is 2. The van der Waals surface area contributed by atoms with E-state index in [2.05, 4.69) is 10.4 Å². The Labute approximate surface area is 109 Å². The first-order valence-electron chi connectivity index (χ1n) is 5.56. The average Bonchev–Trinajstić information content (AvgIpc) is 2.69. The number of hydrogen-bond acceptors (Lipinski definition) is 4. The summed E-state index contributed by atoms with van der Waals surface area (Å²) in [6.07, 6.45) is -6.30. The summed E-state index contributed by atoms with van der Waals surface area (Å²) in [5, 5.41) is 16.5. The number of carbonyl (C=O) groups excluding carboxylic acids is 1. The summed E-state index contributed by atoms with van der Waals surface area (Å²) in [5.74, 6) is -6.99. The minimum absolute atomic E-state index is 0.211. The molecule has 2 rings (SSSR count). The van der Waals surface area contributed by atoms with Crippen LogP contribution in [0.5, 0.6) is 0 Å². The second kappa shape index (κ2) is 4.32. The summed E-state index contributed by atoms with van der Waals surface area (Å²) >= 11 is 0. The molecule has 0 radical (unpaired) electrons. The van der Waals surface area contributed by atoms with Gasteiger partial charge in [-0.25, -0.2) is 4.68 Å². The SMILES string of the molecule is C[C@H]1C[C@H](C(F)(F)C(F)(F)F)n2nc(C(=O)[O-])cc2N1. The van der Waals surface area contributed by atoms with Gasteiger partial charge in [0.2, 0.25) is 0 Å². The lowest BCUT2D eigenvalue weighted by Gasteiger charge is -2.35. The Morgan fingerprint density at radius 2 is 2.05 bits per heavy atom. The van der Waals surface area contributed by atoms with Crippen LogP contribution in [0, 0.1) is 0 Å². The standard InChI is InChI=1S/C10H10F5N3O2/c1-4-2-6(9(11,12)10(13,14)15)18-7(16-4)3-5(17-18)8(19)20/h3-4,6,16H,2H2,1H3,(H,19,20)/p-1/t4-,6+/m0/s1. The van der Waals surface area contributed by atoms with Crippen LogP contribution in [0.4, 0.5) is 27.8 Å². The molecule has 1 aromatic heterocycles. The third kappa shape index (κ3) is 2.18. The second-order valence-corrected chi connectivity index (χ2v) is 4.56. The molecule has 5 nitrogen and oxygen atoms in total. The van der Waals surface area contributed by atoms with Crippen molar-refractivity contribution in [2.75, 3.05) is 5.32 Å². The molecule has 0 saturated carbocycles. The van der Waals surface area contributed by atoms with Crippen molar-refractivity contribution in [2.24, 2.45) is 0 Å². The molecule has 0 amide bonds. The van der Waals surface area contributed by atoms with Crippen LogP contribution >= 0.6 is 0 Å². The predicted molar refractivity (Wildman–Crippen MR) is 54.3 cm³/mol. The molecule has 1 N–H and O–H groups in total. The van der Waals surface area contributed by atoms with Crippen molar-refractivity contribution in [1.82, 2.24) is 9.78 Å². The van der Waals surface area contributed by atoms with E-state index in [-0.39, 0.29) is 5.82 Å². The first-order valence-corrected chi connectivity index (χ1v) is 5.56. The molecule has 0 aliphatic carbocycles. The first kappa shape index (κ1) is 14.5. The number of carboxylic acid groups (broad SMARTS) is 1. The van der Waals surface area contributed by atoms with Crippen LogP contribution in [0.3, 0.4) is 0 Å². The third-order valence-corrected chi connectivity index (χ3v) is 3.01. The van der Waals surface area contributed by atoms with Crippen molar-refractivity contribution < 1.29 is 31.9 Å². The lowest BCUT2D eigenvalue weighted by molar-refractivity contribution is -0.301. The fraction of sp³-hybridized carbons (Fsp3) is 0.600. The van der Waals surface area contributed by atoms with Crippen molar-refractivity contribution in [3.63, 3.8) is 0 Å². The Balaban J connectivity index is 2.50. The quantitative estimate of drug-likeness (QED) is 0.833. The maximum atomic E-state index is 13.5. The van der Waals surface area contributed by atoms with Crippen molar-refractivity contribution in [3.8, 4) is 0 Å². The molecule has 2 atom stereocenters. The highest BCUT2D eigenvalue weighted by Crippen LogP contribution is 2.47. The van der Waals surface area contributed by atoms with Gasteiger partial charge in [0.15, 0.2) is 0 Å². The van der Waals surface area contributed by atoms with Crippen molar-refractivity contribution >= 4 is 11.8 Å². The number of aromatic nitrogens is 2. The molecule has 20 heavy (non-hydrogen) atoms. The predicted octanol–water partition coefficient (Wildman–Crippen LogP) is 1.19. The van der Waals surface area contributed by atoms with Gasteiger partial charge in [-0.3, -0.25) is 0 Å². The Kier molecular flexibility index (Phi) is 3.14. The molecule has 0 saturated heterocycles. The van der Waals surface area contributed by atoms with E-state index in [1.807, 2.05) is 0 Å². The number of alkyl halides is 5. The molecule has 0 bridgehead atoms. The molecule has 0 fully saturated rings. The fourth-order valence-electron chi connectivity index (χ4n) is 2.08. The van der Waals surface area contributed by atoms with Crippen LogP contribution in [0.1, 0.15) is 29.9 Å². The third-order valence-electron chi connectivity index (χ3n) is 3.01. The second-order valence-electron chi connectivity index (χ2n) is 4.56. The van der Waals surface area contributed by atoms with Gasteiger partial charge in [-0.05, 0) is 13.3 Å². The molecule has 0 aromatic carbocycles. The molecule has 10 heteroatoms. The number of aromatic carboxylic acids is 1. The molecule has 1 aliphatic heterocycles. The van der Waals surface area contributed by atoms with E-state index in [0.717, 1.165) is 6.07 Å². The Morgan fingerprint density at radius 1 is 1.45 bits per heavy atom. The van der Waals surface area contributed by atoms with Gasteiger partial charge in [-0.1, -0.05) is 0 Å². The average molecular weight is 298 g/mol. The van der Waals surface area contributed by atoms with Crippen molar-refractivity contribution in [3.05, 3.63) is 11.8 Å². The molecule has 1 aromatic rings. The number of anilines is 1. The normalized spacial score (nSPS) is 23.1. The zero-order valence-corrected chi connectivity index (χ0v) is 10.0. The van der Waals surface area contributed by atoms with Crippen LogP contribution in [-0.4, -0.2) is 33.9 Å². The van der Waals surface area contributed by atoms with E-state index < -0.39 is 42.3 Å². The highest BCUT2D eigenvalue weighted by Gasteiger charge is 2.64. The Morgan fingerprint density at radius 3 is 2.55 bits per heavy atom. The molecule has 0 spiro atoms. The smallest absolute Gasteiger partial charge is 0.455 e. The summed E-state index contributed by atoms with van der Waals surface area (Å²) in [6, 6.07) is -2.13. The number of halogens is 5. The zero-order chi connectivity index (χ0) is 15.3. The maximum absolute atomic E-state index is 13.5. The van der Waals surface area contributed by atoms with Gasteiger partial charge in [-0.2, -0.15) is 27.1 Å². The summed E-state index contributed by atoms with van der Waals surface area (Å²) in [5.41, 5.74) is -0.704. The van der Waals surface area contributed by atoms with E-state index in [1.54, 1.807) is 0 Å². The lowest BCUT2D eigenvalue weighted by Crippen LogP contribution is -2.48. The van der Waals surface area contributed by atoms with Crippen LogP contribution in [0.15, 0.2) is 6.07 Å². The number of hydrogen-bond donors (Lipinski definition) is 1. The largest absolute Gasteiger partial charge is 0.543 e. The van der Waals surface area contributed by atoms with E-state index in [4.69, 9.17) is 0 Å². The number of fused-ring (bicyclic) bond motifs is 1. The number of nitrogens with one attached hydrogen (secondary N) is 1. The molecule has 2 heterocycles. The molecule has 1 aliphatic rings. The van der Waals surface area contributed by atoms with Gasteiger partial charge in [0.1, 0.15) is 17.6 Å². The summed E-state index contributed by atoms with van der Waals surface area (Å²) in [4.78, 5) is 10.6. The summed E-state index contributed by atoms with van der Waals surface area (Å²) < 4.78 is 64.8. The van der Waals surface area contributed by atoms with Gasteiger partial charge in [0, 0.05) is 12.1 Å². The molecule has 112 valence electrons. The van der Waals surface area contributed by atoms with E-state index in [9.17, 15) is 31.9 Å². The zero-order valence-electron chi connectivity index (χ0n) is 10.0. The van der Waals surface area contributed by atoms with Crippen LogP contribution in [0.25, 0.3) is 0 Å². The fourth-order valence-corrected chi connectivity index (χ4v) is 2.08. The minimum Gasteiger partial charge on any atom is -0.543 e. The van der Waals surface area contributed by atoms with E-state index in [0.29, 0.717) is 4.68 Å². The molecular weight excluding hydrogens is 289 g/mol. The number of carboxylic acids is 1. The number of carbonyl (C=O) groups is 1. The summed E-state index contributed by atoms with van der Waals surface area (Å²) in [6.45, 7) is 1.41. The van der Waals surface area contributed by atoms with E-state index >= 15 is 0 Å². The maximum Gasteiger partial charge on any atom is 0.455 e. The van der Waals surface area contributed by atoms with Gasteiger partial charge in [0.05, 0.1) is 5.97 Å². The Hall–Kier alpha value is -1.87. The topological polar surface area (TPSA) is 70.0 Å². The van der Waals surface area contributed by atoms with Crippen LogP contribution < -0.4 is 10.4 Å². The van der Waals surface area contributed by atoms with Gasteiger partial charge in [0.25, 0.3) is 0 Å². The van der Waals surface area contributed by atoms with E-state index in [1.165, 1.54) is 6.92 Å². The lowest BCUT2D eigenvalue weighted by atomic mass is 9.99. The monoisotopic (exact) mass is 298 g/mol. The van der Waals surface area contributed by atoms with Crippen molar-refractivity contribution in [2.45, 2.75) is 37.5 Å². The van der Waals surface area contributed by atoms with Gasteiger partial charge in [-0.15, -0.1) is 0 Å². The molecule has 0 unspecified atom stereocenters. The summed E-state index contributed by atoms with van der Waals surface area (Å²) in [7, 11) is 0. The highest BCUT2D eigenvalue weighted by atomic mass is 19.4. The van der Waals surface area contributed by atoms with Gasteiger partial charge >= 0.3 is 12.1 Å². The van der Waals surface area contributed by atoms with Crippen molar-refractivity contribution in [1.29, 1.82) is 0 Å². The Bertz CT molecular complexity index is 539. The highest BCUT2D eigenvalue weighted by molar-refractivity contribution is 5.84. The molecular formula is C10H9F5N3O2-. The number of nitrogens with zero attached hydrogens (tertiary/aromatic N) is 2. The van der Waals surface area contributed by atoms with Gasteiger partial charge < -0.3 is 15.2 Å². The van der Waals surface area contributed by atoms with Crippen LogP contribution in [0.2, 0.25) is 0 Å². The minimum atomic E-state index is -5.75.